The van der Waals surface area contributed by atoms with Crippen molar-refractivity contribution >= 4 is 22.9 Å². The number of alkyl halides is 1. The van der Waals surface area contributed by atoms with Gasteiger partial charge in [0, 0.05) is 56.2 Å². The summed E-state index contributed by atoms with van der Waals surface area (Å²) in [6.45, 7) is 6.66. The van der Waals surface area contributed by atoms with Crippen LogP contribution in [-0.2, 0) is 6.54 Å². The Labute approximate surface area is 99.7 Å². The van der Waals surface area contributed by atoms with Gasteiger partial charge in [-0.25, -0.2) is 0 Å². The van der Waals surface area contributed by atoms with Crippen molar-refractivity contribution in [1.29, 1.82) is 0 Å². The van der Waals surface area contributed by atoms with Crippen LogP contribution in [0.25, 0.3) is 0 Å². The fourth-order valence-electron chi connectivity index (χ4n) is 1.83. The molecular weight excluding hydrogens is 230 g/mol. The number of hydrogen-bond donors (Lipinski definition) is 0. The number of piperazine rings is 1. The summed E-state index contributed by atoms with van der Waals surface area (Å²) < 4.78 is 0. The monoisotopic (exact) mass is 245 g/mol. The first kappa shape index (κ1) is 11.3. The predicted molar refractivity (Wildman–Crippen MR) is 64.6 cm³/mol. The predicted octanol–water partition coefficient (Wildman–Crippen LogP) is 1.50. The minimum Gasteiger partial charge on any atom is -0.300 e. The van der Waals surface area contributed by atoms with Crippen molar-refractivity contribution in [3.63, 3.8) is 0 Å². The summed E-state index contributed by atoms with van der Waals surface area (Å²) in [6.07, 6.45) is 1.97. The Balaban J connectivity index is 1.74. The summed E-state index contributed by atoms with van der Waals surface area (Å²) >= 11 is 7.46. The van der Waals surface area contributed by atoms with Crippen molar-refractivity contribution < 1.29 is 0 Å². The van der Waals surface area contributed by atoms with Gasteiger partial charge in [0.15, 0.2) is 0 Å². The third-order valence-corrected chi connectivity index (χ3v) is 3.66. The lowest BCUT2D eigenvalue weighted by atomic mass is 10.3. The first-order chi connectivity index (χ1) is 7.38. The maximum atomic E-state index is 5.72. The van der Waals surface area contributed by atoms with Crippen LogP contribution >= 0.6 is 22.9 Å². The Morgan fingerprint density at radius 3 is 2.60 bits per heavy atom. The molecule has 1 aliphatic heterocycles. The smallest absolute Gasteiger partial charge is 0.0794 e. The lowest BCUT2D eigenvalue weighted by Gasteiger charge is -2.33. The molecule has 0 spiro atoms. The molecule has 3 nitrogen and oxygen atoms in total. The SMILES string of the molecule is ClCCN1CCN(Cc2cncs2)CC1. The van der Waals surface area contributed by atoms with Crippen molar-refractivity contribution in [2.24, 2.45) is 0 Å². The number of nitrogens with zero attached hydrogens (tertiary/aromatic N) is 3. The van der Waals surface area contributed by atoms with Gasteiger partial charge in [-0.05, 0) is 0 Å². The minimum atomic E-state index is 0.745. The molecule has 84 valence electrons. The maximum absolute atomic E-state index is 5.72. The molecular formula is C10H16ClN3S. The molecule has 0 aromatic carbocycles. The molecule has 1 aliphatic rings. The van der Waals surface area contributed by atoms with Gasteiger partial charge in [0.1, 0.15) is 0 Å². The van der Waals surface area contributed by atoms with Crippen LogP contribution in [0, 0.1) is 0 Å². The third kappa shape index (κ3) is 3.41. The van der Waals surface area contributed by atoms with Crippen LogP contribution in [0.15, 0.2) is 11.7 Å². The van der Waals surface area contributed by atoms with Crippen molar-refractivity contribution in [2.45, 2.75) is 6.54 Å². The van der Waals surface area contributed by atoms with Gasteiger partial charge in [-0.2, -0.15) is 0 Å². The standard InChI is InChI=1S/C10H16ClN3S/c11-1-2-13-3-5-14(6-4-13)8-10-7-12-9-15-10/h7,9H,1-6,8H2. The Kier molecular flexibility index (Phi) is 4.38. The van der Waals surface area contributed by atoms with E-state index in [9.17, 15) is 0 Å². The van der Waals surface area contributed by atoms with Crippen LogP contribution in [0.5, 0.6) is 0 Å². The second-order valence-electron chi connectivity index (χ2n) is 3.77. The summed E-state index contributed by atoms with van der Waals surface area (Å²) in [6, 6.07) is 0. The van der Waals surface area contributed by atoms with Crippen LogP contribution in [0.1, 0.15) is 4.88 Å². The first-order valence-electron chi connectivity index (χ1n) is 5.26. The van der Waals surface area contributed by atoms with E-state index in [-0.39, 0.29) is 0 Å². The molecule has 0 bridgehead atoms. The highest BCUT2D eigenvalue weighted by atomic mass is 35.5. The molecule has 1 aromatic rings. The zero-order chi connectivity index (χ0) is 10.5. The van der Waals surface area contributed by atoms with Gasteiger partial charge in [0.05, 0.1) is 5.51 Å². The molecule has 1 fully saturated rings. The molecule has 5 heteroatoms. The first-order valence-corrected chi connectivity index (χ1v) is 6.68. The van der Waals surface area contributed by atoms with E-state index < -0.39 is 0 Å². The Hall–Kier alpha value is -0.160. The second kappa shape index (κ2) is 5.80. The van der Waals surface area contributed by atoms with E-state index in [4.69, 9.17) is 11.6 Å². The Bertz CT molecular complexity index is 270. The quantitative estimate of drug-likeness (QED) is 0.750. The zero-order valence-corrected chi connectivity index (χ0v) is 10.3. The molecule has 0 radical (unpaired) electrons. The van der Waals surface area contributed by atoms with E-state index in [0.717, 1.165) is 45.1 Å². The number of aromatic nitrogens is 1. The summed E-state index contributed by atoms with van der Waals surface area (Å²) in [5.41, 5.74) is 1.90. The normalized spacial score (nSPS) is 19.5. The lowest BCUT2D eigenvalue weighted by molar-refractivity contribution is 0.133. The lowest BCUT2D eigenvalue weighted by Crippen LogP contribution is -2.46. The highest BCUT2D eigenvalue weighted by Crippen LogP contribution is 2.11. The Morgan fingerprint density at radius 2 is 2.00 bits per heavy atom. The summed E-state index contributed by atoms with van der Waals surface area (Å²) in [5.74, 6) is 0.745. The molecule has 1 aromatic heterocycles. The molecule has 0 N–H and O–H groups in total. The number of thiazole rings is 1. The number of halogens is 1. The molecule has 0 amide bonds. The van der Waals surface area contributed by atoms with Crippen molar-refractivity contribution in [1.82, 2.24) is 14.8 Å². The molecule has 0 saturated carbocycles. The zero-order valence-electron chi connectivity index (χ0n) is 8.73. The molecule has 2 rings (SSSR count). The topological polar surface area (TPSA) is 19.4 Å². The van der Waals surface area contributed by atoms with E-state index in [0.29, 0.717) is 0 Å². The summed E-state index contributed by atoms with van der Waals surface area (Å²) in [7, 11) is 0. The third-order valence-electron chi connectivity index (χ3n) is 2.73. The van der Waals surface area contributed by atoms with Gasteiger partial charge in [-0.3, -0.25) is 14.8 Å². The van der Waals surface area contributed by atoms with Crippen LogP contribution in [0.2, 0.25) is 0 Å². The minimum absolute atomic E-state index is 0.745. The average Bonchev–Trinajstić information content (AvgIpc) is 2.74. The largest absolute Gasteiger partial charge is 0.300 e. The van der Waals surface area contributed by atoms with E-state index in [1.165, 1.54) is 4.88 Å². The Morgan fingerprint density at radius 1 is 1.27 bits per heavy atom. The van der Waals surface area contributed by atoms with E-state index in [1.54, 1.807) is 11.3 Å². The van der Waals surface area contributed by atoms with Crippen LogP contribution < -0.4 is 0 Å². The molecule has 1 saturated heterocycles. The highest BCUT2D eigenvalue weighted by molar-refractivity contribution is 7.09. The maximum Gasteiger partial charge on any atom is 0.0794 e. The molecule has 15 heavy (non-hydrogen) atoms. The number of hydrogen-bond acceptors (Lipinski definition) is 4. The van der Waals surface area contributed by atoms with Gasteiger partial charge in [-0.15, -0.1) is 22.9 Å². The fourth-order valence-corrected chi connectivity index (χ4v) is 2.71. The van der Waals surface area contributed by atoms with Gasteiger partial charge >= 0.3 is 0 Å². The number of rotatable bonds is 4. The van der Waals surface area contributed by atoms with E-state index in [2.05, 4.69) is 14.8 Å². The average molecular weight is 246 g/mol. The van der Waals surface area contributed by atoms with Gasteiger partial charge in [-0.1, -0.05) is 0 Å². The van der Waals surface area contributed by atoms with Crippen LogP contribution in [0.3, 0.4) is 0 Å². The molecule has 0 unspecified atom stereocenters. The molecule has 2 heterocycles. The van der Waals surface area contributed by atoms with E-state index >= 15 is 0 Å². The highest BCUT2D eigenvalue weighted by Gasteiger charge is 2.16. The van der Waals surface area contributed by atoms with Crippen LogP contribution in [-0.4, -0.2) is 53.4 Å². The summed E-state index contributed by atoms with van der Waals surface area (Å²) in [4.78, 5) is 10.4. The van der Waals surface area contributed by atoms with Gasteiger partial charge in [0.2, 0.25) is 0 Å². The molecule has 0 aliphatic carbocycles. The molecule has 0 atom stereocenters. The van der Waals surface area contributed by atoms with Gasteiger partial charge in [0.25, 0.3) is 0 Å². The van der Waals surface area contributed by atoms with Crippen LogP contribution in [0.4, 0.5) is 0 Å². The fraction of sp³-hybridized carbons (Fsp3) is 0.700. The second-order valence-corrected chi connectivity index (χ2v) is 5.12. The van der Waals surface area contributed by atoms with Crippen molar-refractivity contribution in [2.75, 3.05) is 38.6 Å². The van der Waals surface area contributed by atoms with Crippen molar-refractivity contribution in [3.05, 3.63) is 16.6 Å². The van der Waals surface area contributed by atoms with E-state index in [1.807, 2.05) is 11.7 Å². The summed E-state index contributed by atoms with van der Waals surface area (Å²) in [5, 5.41) is 0. The van der Waals surface area contributed by atoms with Gasteiger partial charge < -0.3 is 0 Å². The van der Waals surface area contributed by atoms with Crippen molar-refractivity contribution in [3.8, 4) is 0 Å².